The highest BCUT2D eigenvalue weighted by Crippen LogP contribution is 2.31. The minimum absolute atomic E-state index is 0.0360. The minimum atomic E-state index is -4.43. The highest BCUT2D eigenvalue weighted by atomic mass is 19.4. The molecule has 5 nitrogen and oxygen atoms in total. The summed E-state index contributed by atoms with van der Waals surface area (Å²) in [6.07, 6.45) is 1.49. The fraction of sp³-hybridized carbons (Fsp3) is 0.158. The van der Waals surface area contributed by atoms with Gasteiger partial charge in [-0.05, 0) is 42.5 Å². The Kier molecular flexibility index (Phi) is 5.16. The van der Waals surface area contributed by atoms with E-state index in [1.165, 1.54) is 35.2 Å². The van der Waals surface area contributed by atoms with Crippen molar-refractivity contribution in [3.05, 3.63) is 77.5 Å². The second-order valence-electron chi connectivity index (χ2n) is 5.72. The monoisotopic (exact) mass is 376 g/mol. The lowest BCUT2D eigenvalue weighted by atomic mass is 10.2. The summed E-state index contributed by atoms with van der Waals surface area (Å²) in [5.74, 6) is 0.710. The Hall–Kier alpha value is -3.29. The molecule has 2 heterocycles. The van der Waals surface area contributed by atoms with E-state index in [0.717, 1.165) is 12.1 Å². The first-order valence-corrected chi connectivity index (χ1v) is 7.91. The van der Waals surface area contributed by atoms with Crippen LogP contribution in [0, 0.1) is 0 Å². The van der Waals surface area contributed by atoms with E-state index >= 15 is 0 Å². The average molecular weight is 376 g/mol. The van der Waals surface area contributed by atoms with E-state index in [9.17, 15) is 18.0 Å². The molecule has 0 atom stereocenters. The Morgan fingerprint density at radius 3 is 2.81 bits per heavy atom. The zero-order valence-corrected chi connectivity index (χ0v) is 14.2. The SMILES string of the molecule is Cn1cc(C(=O)/C=C/c2ccc(COc3cccc(C(F)(F)F)c3)o2)cn1. The first-order valence-electron chi connectivity index (χ1n) is 7.91. The fourth-order valence-corrected chi connectivity index (χ4v) is 2.28. The smallest absolute Gasteiger partial charge is 0.416 e. The number of alkyl halides is 3. The van der Waals surface area contributed by atoms with Crippen LogP contribution in [0.2, 0.25) is 0 Å². The molecule has 0 aliphatic heterocycles. The second kappa shape index (κ2) is 7.53. The molecule has 1 aromatic carbocycles. The number of benzene rings is 1. The molecule has 3 rings (SSSR count). The first-order chi connectivity index (χ1) is 12.8. The van der Waals surface area contributed by atoms with Gasteiger partial charge in [0.1, 0.15) is 23.9 Å². The summed E-state index contributed by atoms with van der Waals surface area (Å²) in [6, 6.07) is 7.88. The van der Waals surface area contributed by atoms with Crippen LogP contribution in [0.5, 0.6) is 5.75 Å². The molecule has 0 aliphatic rings. The van der Waals surface area contributed by atoms with Crippen LogP contribution in [0.3, 0.4) is 0 Å². The molecule has 0 saturated carbocycles. The van der Waals surface area contributed by atoms with E-state index in [0.29, 0.717) is 17.1 Å². The molecule has 0 spiro atoms. The van der Waals surface area contributed by atoms with E-state index in [1.807, 2.05) is 0 Å². The Morgan fingerprint density at radius 1 is 1.30 bits per heavy atom. The van der Waals surface area contributed by atoms with Gasteiger partial charge in [0, 0.05) is 13.2 Å². The van der Waals surface area contributed by atoms with Crippen molar-refractivity contribution in [3.63, 3.8) is 0 Å². The number of ketones is 1. The number of aryl methyl sites for hydroxylation is 1. The van der Waals surface area contributed by atoms with Crippen molar-refractivity contribution in [1.29, 1.82) is 0 Å². The number of allylic oxidation sites excluding steroid dienone is 1. The molecule has 0 radical (unpaired) electrons. The number of rotatable bonds is 6. The molecule has 8 heteroatoms. The van der Waals surface area contributed by atoms with Gasteiger partial charge in [-0.15, -0.1) is 0 Å². The van der Waals surface area contributed by atoms with Crippen molar-refractivity contribution in [2.24, 2.45) is 7.05 Å². The second-order valence-corrected chi connectivity index (χ2v) is 5.72. The molecule has 0 unspecified atom stereocenters. The van der Waals surface area contributed by atoms with Crippen LogP contribution in [-0.2, 0) is 19.8 Å². The number of ether oxygens (including phenoxy) is 1. The fourth-order valence-electron chi connectivity index (χ4n) is 2.28. The number of aromatic nitrogens is 2. The predicted molar refractivity (Wildman–Crippen MR) is 91.1 cm³/mol. The Balaban J connectivity index is 1.60. The molecule has 27 heavy (non-hydrogen) atoms. The first kappa shape index (κ1) is 18.5. The van der Waals surface area contributed by atoms with Crippen molar-refractivity contribution < 1.29 is 27.1 Å². The van der Waals surface area contributed by atoms with E-state index < -0.39 is 11.7 Å². The normalized spacial score (nSPS) is 11.9. The maximum absolute atomic E-state index is 12.7. The summed E-state index contributed by atoms with van der Waals surface area (Å²) in [6.45, 7) is -0.0360. The van der Waals surface area contributed by atoms with E-state index in [4.69, 9.17) is 9.15 Å². The number of carbonyl (C=O) groups is 1. The van der Waals surface area contributed by atoms with Gasteiger partial charge < -0.3 is 9.15 Å². The number of hydrogen-bond acceptors (Lipinski definition) is 4. The zero-order chi connectivity index (χ0) is 19.4. The van der Waals surface area contributed by atoms with Crippen LogP contribution in [0.4, 0.5) is 13.2 Å². The van der Waals surface area contributed by atoms with E-state index in [-0.39, 0.29) is 18.1 Å². The predicted octanol–water partition coefficient (Wildman–Crippen LogP) is 4.51. The molecule has 0 N–H and O–H groups in total. The van der Waals surface area contributed by atoms with Crippen molar-refractivity contribution in [3.8, 4) is 5.75 Å². The molecule has 0 saturated heterocycles. The standard InChI is InChI=1S/C19H15F3N2O3/c1-24-11-13(10-23-24)18(25)8-7-15-5-6-17(27-15)12-26-16-4-2-3-14(9-16)19(20,21)22/h2-11H,12H2,1H3/b8-7+. The molecule has 2 aromatic heterocycles. The van der Waals surface area contributed by atoms with Crippen LogP contribution in [0.15, 0.2) is 59.3 Å². The molecule has 3 aromatic rings. The molecular formula is C19H15F3N2O3. The summed E-state index contributed by atoms with van der Waals surface area (Å²) in [7, 11) is 1.71. The molecule has 0 aliphatic carbocycles. The minimum Gasteiger partial charge on any atom is -0.486 e. The third kappa shape index (κ3) is 4.87. The maximum atomic E-state index is 12.7. The third-order valence-corrected chi connectivity index (χ3v) is 3.61. The van der Waals surface area contributed by atoms with Crippen molar-refractivity contribution in [2.45, 2.75) is 12.8 Å². The van der Waals surface area contributed by atoms with Gasteiger partial charge in [-0.3, -0.25) is 9.48 Å². The quantitative estimate of drug-likeness (QED) is 0.469. The van der Waals surface area contributed by atoms with Gasteiger partial charge in [0.25, 0.3) is 0 Å². The lowest BCUT2D eigenvalue weighted by Crippen LogP contribution is -2.05. The van der Waals surface area contributed by atoms with Crippen molar-refractivity contribution in [2.75, 3.05) is 0 Å². The molecule has 0 amide bonds. The van der Waals surface area contributed by atoms with Gasteiger partial charge in [-0.2, -0.15) is 18.3 Å². The van der Waals surface area contributed by atoms with E-state index in [2.05, 4.69) is 5.10 Å². The van der Waals surface area contributed by atoms with Gasteiger partial charge in [0.15, 0.2) is 5.78 Å². The maximum Gasteiger partial charge on any atom is 0.416 e. The van der Waals surface area contributed by atoms with Gasteiger partial charge in [0.05, 0.1) is 17.3 Å². The molecule has 0 bridgehead atoms. The summed E-state index contributed by atoms with van der Waals surface area (Å²) in [5.41, 5.74) is -0.328. The Morgan fingerprint density at radius 2 is 2.11 bits per heavy atom. The summed E-state index contributed by atoms with van der Waals surface area (Å²) >= 11 is 0. The lowest BCUT2D eigenvalue weighted by Gasteiger charge is -2.09. The molecule has 0 fully saturated rings. The highest BCUT2D eigenvalue weighted by Gasteiger charge is 2.30. The highest BCUT2D eigenvalue weighted by molar-refractivity contribution is 6.06. The lowest BCUT2D eigenvalue weighted by molar-refractivity contribution is -0.137. The topological polar surface area (TPSA) is 57.3 Å². The number of furan rings is 1. The van der Waals surface area contributed by atoms with Crippen LogP contribution in [-0.4, -0.2) is 15.6 Å². The number of carbonyl (C=O) groups excluding carboxylic acids is 1. The van der Waals surface area contributed by atoms with Gasteiger partial charge >= 0.3 is 6.18 Å². The van der Waals surface area contributed by atoms with Crippen molar-refractivity contribution in [1.82, 2.24) is 9.78 Å². The summed E-state index contributed by atoms with van der Waals surface area (Å²) in [4.78, 5) is 12.0. The van der Waals surface area contributed by atoms with Crippen molar-refractivity contribution >= 4 is 11.9 Å². The van der Waals surface area contributed by atoms with Gasteiger partial charge in [-0.1, -0.05) is 6.07 Å². The van der Waals surface area contributed by atoms with Crippen LogP contribution < -0.4 is 4.74 Å². The van der Waals surface area contributed by atoms with Gasteiger partial charge in [-0.25, -0.2) is 0 Å². The third-order valence-electron chi connectivity index (χ3n) is 3.61. The molecule has 140 valence electrons. The summed E-state index contributed by atoms with van der Waals surface area (Å²) in [5, 5.41) is 3.92. The van der Waals surface area contributed by atoms with Crippen LogP contribution in [0.1, 0.15) is 27.4 Å². The Labute approximate surface area is 152 Å². The van der Waals surface area contributed by atoms with Crippen LogP contribution >= 0.6 is 0 Å². The van der Waals surface area contributed by atoms with E-state index in [1.54, 1.807) is 25.4 Å². The number of hydrogen-bond donors (Lipinski definition) is 0. The molecular weight excluding hydrogens is 361 g/mol. The van der Waals surface area contributed by atoms with Gasteiger partial charge in [0.2, 0.25) is 0 Å². The Bertz CT molecular complexity index is 970. The average Bonchev–Trinajstić information content (AvgIpc) is 3.26. The number of halogens is 3. The largest absolute Gasteiger partial charge is 0.486 e. The number of nitrogens with zero attached hydrogens (tertiary/aromatic N) is 2. The van der Waals surface area contributed by atoms with Crippen LogP contribution in [0.25, 0.3) is 6.08 Å². The zero-order valence-electron chi connectivity index (χ0n) is 14.2. The summed E-state index contributed by atoms with van der Waals surface area (Å²) < 4.78 is 50.4.